The molecule has 1 aliphatic rings. The molecule has 1 aliphatic carbocycles. The summed E-state index contributed by atoms with van der Waals surface area (Å²) in [6.45, 7) is 1.72. The summed E-state index contributed by atoms with van der Waals surface area (Å²) in [6.07, 6.45) is 5.14. The molecule has 0 aliphatic heterocycles. The van der Waals surface area contributed by atoms with E-state index in [0.29, 0.717) is 17.0 Å². The molecule has 0 saturated heterocycles. The quantitative estimate of drug-likeness (QED) is 0.878. The van der Waals surface area contributed by atoms with E-state index in [1.807, 2.05) is 6.07 Å². The first-order valence-corrected chi connectivity index (χ1v) is 6.35. The second-order valence-corrected chi connectivity index (χ2v) is 4.92. The van der Waals surface area contributed by atoms with E-state index in [0.717, 1.165) is 18.7 Å². The van der Waals surface area contributed by atoms with Crippen molar-refractivity contribution in [3.63, 3.8) is 0 Å². The zero-order valence-corrected chi connectivity index (χ0v) is 11.0. The van der Waals surface area contributed by atoms with Gasteiger partial charge in [-0.2, -0.15) is 5.26 Å². The number of carbonyl (C=O) groups is 1. The van der Waals surface area contributed by atoms with Gasteiger partial charge in [0.15, 0.2) is 0 Å². The molecule has 0 spiro atoms. The van der Waals surface area contributed by atoms with Gasteiger partial charge in [0.2, 0.25) is 0 Å². The van der Waals surface area contributed by atoms with Gasteiger partial charge in [0, 0.05) is 12.4 Å². The highest BCUT2D eigenvalue weighted by Crippen LogP contribution is 2.43. The van der Waals surface area contributed by atoms with Gasteiger partial charge in [0.1, 0.15) is 17.6 Å². The van der Waals surface area contributed by atoms with Crippen LogP contribution >= 0.6 is 0 Å². The molecule has 0 unspecified atom stereocenters. The first-order valence-electron chi connectivity index (χ1n) is 6.35. The maximum Gasteiger partial charge on any atom is 0.270 e. The first-order chi connectivity index (χ1) is 9.64. The van der Waals surface area contributed by atoms with Crippen LogP contribution in [-0.4, -0.2) is 20.9 Å². The highest BCUT2D eigenvalue weighted by Gasteiger charge is 2.48. The van der Waals surface area contributed by atoms with Crippen LogP contribution in [0.5, 0.6) is 0 Å². The van der Waals surface area contributed by atoms with Crippen LogP contribution in [0.1, 0.15) is 40.4 Å². The number of pyridine rings is 1. The average Bonchev–Trinajstić information content (AvgIpc) is 3.02. The van der Waals surface area contributed by atoms with Crippen molar-refractivity contribution in [1.82, 2.24) is 20.3 Å². The summed E-state index contributed by atoms with van der Waals surface area (Å²) in [4.78, 5) is 23.7. The van der Waals surface area contributed by atoms with Gasteiger partial charge in [0.25, 0.3) is 5.91 Å². The largest absolute Gasteiger partial charge is 0.347 e. The minimum Gasteiger partial charge on any atom is -0.347 e. The van der Waals surface area contributed by atoms with E-state index >= 15 is 0 Å². The third kappa shape index (κ3) is 2.03. The second kappa shape index (κ2) is 4.46. The summed E-state index contributed by atoms with van der Waals surface area (Å²) >= 11 is 0. The van der Waals surface area contributed by atoms with E-state index in [-0.39, 0.29) is 11.4 Å². The van der Waals surface area contributed by atoms with Crippen molar-refractivity contribution in [2.75, 3.05) is 0 Å². The Morgan fingerprint density at radius 3 is 2.85 bits per heavy atom. The van der Waals surface area contributed by atoms with Crippen molar-refractivity contribution >= 4 is 5.91 Å². The molecule has 6 heteroatoms. The summed E-state index contributed by atoms with van der Waals surface area (Å²) in [5.74, 6) is 0.530. The van der Waals surface area contributed by atoms with E-state index in [1.54, 1.807) is 31.5 Å². The Balaban J connectivity index is 1.81. The Morgan fingerprint density at radius 2 is 2.30 bits per heavy atom. The van der Waals surface area contributed by atoms with Crippen LogP contribution in [0, 0.1) is 18.3 Å². The van der Waals surface area contributed by atoms with Crippen molar-refractivity contribution in [3.05, 3.63) is 47.3 Å². The van der Waals surface area contributed by atoms with E-state index in [1.165, 1.54) is 0 Å². The zero-order valence-electron chi connectivity index (χ0n) is 11.0. The normalized spacial score (nSPS) is 15.4. The van der Waals surface area contributed by atoms with Gasteiger partial charge in [0.05, 0.1) is 16.8 Å². The maximum atomic E-state index is 12.2. The first kappa shape index (κ1) is 12.4. The lowest BCUT2D eigenvalue weighted by molar-refractivity contribution is 0.0923. The zero-order chi connectivity index (χ0) is 14.2. The molecule has 3 rings (SSSR count). The smallest absolute Gasteiger partial charge is 0.270 e. The third-order valence-corrected chi connectivity index (χ3v) is 3.49. The van der Waals surface area contributed by atoms with Crippen molar-refractivity contribution in [1.29, 1.82) is 5.26 Å². The highest BCUT2D eigenvalue weighted by atomic mass is 16.2. The molecular formula is C14H13N5O. The van der Waals surface area contributed by atoms with Gasteiger partial charge in [-0.1, -0.05) is 0 Å². The number of nitriles is 1. The van der Waals surface area contributed by atoms with Gasteiger partial charge in [-0.3, -0.25) is 4.79 Å². The van der Waals surface area contributed by atoms with Gasteiger partial charge in [-0.05, 0) is 31.9 Å². The van der Waals surface area contributed by atoms with Crippen molar-refractivity contribution < 1.29 is 4.79 Å². The molecule has 2 N–H and O–H groups in total. The molecule has 0 radical (unpaired) electrons. The number of aryl methyl sites for hydroxylation is 1. The van der Waals surface area contributed by atoms with Crippen LogP contribution in [0.4, 0.5) is 0 Å². The molecule has 1 amide bonds. The lowest BCUT2D eigenvalue weighted by Gasteiger charge is -2.14. The number of aromatic nitrogens is 3. The predicted molar refractivity (Wildman–Crippen MR) is 70.7 cm³/mol. The number of rotatable bonds is 3. The lowest BCUT2D eigenvalue weighted by Crippen LogP contribution is -2.36. The van der Waals surface area contributed by atoms with Gasteiger partial charge >= 0.3 is 0 Å². The Bertz CT molecular complexity index is 695. The summed E-state index contributed by atoms with van der Waals surface area (Å²) in [5.41, 5.74) is 0.973. The molecule has 2 aromatic heterocycles. The SMILES string of the molecule is Cc1nc(C(=O)NC2(c3ncc[nH]3)CC2)ccc1C#N. The molecule has 0 atom stereocenters. The molecular weight excluding hydrogens is 254 g/mol. The number of carbonyl (C=O) groups excluding carboxylic acids is 1. The predicted octanol–water partition coefficient (Wildman–Crippen LogP) is 1.40. The Kier molecular flexibility index (Phi) is 2.75. The molecule has 1 saturated carbocycles. The fraction of sp³-hybridized carbons (Fsp3) is 0.286. The van der Waals surface area contributed by atoms with Crippen molar-refractivity contribution in [2.24, 2.45) is 0 Å². The van der Waals surface area contributed by atoms with Crippen LogP contribution < -0.4 is 5.32 Å². The standard InChI is InChI=1S/C14H13N5O/c1-9-10(8-15)2-3-11(18-9)12(20)19-14(4-5-14)13-16-6-7-17-13/h2-3,6-7H,4-5H2,1H3,(H,16,17)(H,19,20). The molecule has 20 heavy (non-hydrogen) atoms. The van der Waals surface area contributed by atoms with Gasteiger partial charge in [-0.15, -0.1) is 0 Å². The Labute approximate surface area is 115 Å². The molecule has 0 bridgehead atoms. The maximum absolute atomic E-state index is 12.2. The Morgan fingerprint density at radius 1 is 1.50 bits per heavy atom. The molecule has 6 nitrogen and oxygen atoms in total. The number of hydrogen-bond acceptors (Lipinski definition) is 4. The summed E-state index contributed by atoms with van der Waals surface area (Å²) in [6, 6.07) is 5.22. The van der Waals surface area contributed by atoms with Crippen LogP contribution in [0.15, 0.2) is 24.5 Å². The average molecular weight is 267 g/mol. The topological polar surface area (TPSA) is 94.5 Å². The van der Waals surface area contributed by atoms with Gasteiger partial charge < -0.3 is 10.3 Å². The fourth-order valence-electron chi connectivity index (χ4n) is 2.16. The van der Waals surface area contributed by atoms with E-state index in [9.17, 15) is 4.79 Å². The molecule has 1 fully saturated rings. The fourth-order valence-corrected chi connectivity index (χ4v) is 2.16. The molecule has 0 aromatic carbocycles. The van der Waals surface area contributed by atoms with Crippen LogP contribution in [0.2, 0.25) is 0 Å². The van der Waals surface area contributed by atoms with Crippen molar-refractivity contribution in [2.45, 2.75) is 25.3 Å². The Hall–Kier alpha value is -2.68. The molecule has 2 heterocycles. The summed E-state index contributed by atoms with van der Waals surface area (Å²) < 4.78 is 0. The highest BCUT2D eigenvalue weighted by molar-refractivity contribution is 5.93. The van der Waals surface area contributed by atoms with Gasteiger partial charge in [-0.25, -0.2) is 9.97 Å². The number of nitrogens with zero attached hydrogens (tertiary/aromatic N) is 3. The molecule has 100 valence electrons. The number of aromatic amines is 1. The van der Waals surface area contributed by atoms with E-state index in [4.69, 9.17) is 5.26 Å². The molecule has 2 aromatic rings. The summed E-state index contributed by atoms with van der Waals surface area (Å²) in [7, 11) is 0. The number of amides is 1. The van der Waals surface area contributed by atoms with Crippen molar-refractivity contribution in [3.8, 4) is 6.07 Å². The minimum atomic E-state index is -0.385. The number of hydrogen-bond donors (Lipinski definition) is 2. The number of nitrogens with one attached hydrogen (secondary N) is 2. The summed E-state index contributed by atoms with van der Waals surface area (Å²) in [5, 5.41) is 11.8. The number of imidazole rings is 1. The van der Waals surface area contributed by atoms with Crippen LogP contribution in [0.3, 0.4) is 0 Å². The monoisotopic (exact) mass is 267 g/mol. The van der Waals surface area contributed by atoms with E-state index in [2.05, 4.69) is 20.3 Å². The third-order valence-electron chi connectivity index (χ3n) is 3.49. The lowest BCUT2D eigenvalue weighted by atomic mass is 10.2. The van der Waals surface area contributed by atoms with E-state index < -0.39 is 0 Å². The second-order valence-electron chi connectivity index (χ2n) is 4.92. The number of H-pyrrole nitrogens is 1. The van der Waals surface area contributed by atoms with Crippen LogP contribution in [-0.2, 0) is 5.54 Å². The van der Waals surface area contributed by atoms with Crippen LogP contribution in [0.25, 0.3) is 0 Å². The minimum absolute atomic E-state index is 0.244.